The number of rotatable bonds is 7. The summed E-state index contributed by atoms with van der Waals surface area (Å²) >= 11 is 15.4. The second kappa shape index (κ2) is 9.30. The van der Waals surface area contributed by atoms with E-state index in [1.807, 2.05) is 6.07 Å². The van der Waals surface area contributed by atoms with Gasteiger partial charge >= 0.3 is 0 Å². The lowest BCUT2D eigenvalue weighted by Gasteiger charge is -2.12. The van der Waals surface area contributed by atoms with Gasteiger partial charge in [-0.25, -0.2) is 0 Å². The molecule has 0 radical (unpaired) electrons. The van der Waals surface area contributed by atoms with E-state index >= 15 is 0 Å². The molecule has 128 valence electrons. The lowest BCUT2D eigenvalue weighted by molar-refractivity contribution is 0.0946. The highest BCUT2D eigenvalue weighted by Crippen LogP contribution is 2.24. The van der Waals surface area contributed by atoms with E-state index in [0.29, 0.717) is 34.5 Å². The summed E-state index contributed by atoms with van der Waals surface area (Å²) in [7, 11) is 0. The molecule has 2 rings (SSSR count). The molecule has 3 nitrogen and oxygen atoms in total. The highest BCUT2D eigenvalue weighted by molar-refractivity contribution is 9.10. The molecule has 0 aliphatic carbocycles. The number of benzene rings is 2. The quantitative estimate of drug-likeness (QED) is 0.558. The van der Waals surface area contributed by atoms with Crippen LogP contribution >= 0.6 is 39.1 Å². The van der Waals surface area contributed by atoms with Crippen LogP contribution in [0.3, 0.4) is 0 Å². The molecule has 24 heavy (non-hydrogen) atoms. The van der Waals surface area contributed by atoms with Gasteiger partial charge in [-0.3, -0.25) is 4.79 Å². The van der Waals surface area contributed by atoms with E-state index in [1.54, 1.807) is 30.3 Å². The van der Waals surface area contributed by atoms with Crippen LogP contribution in [0.1, 0.15) is 35.7 Å². The summed E-state index contributed by atoms with van der Waals surface area (Å²) in [5, 5.41) is 3.95. The highest BCUT2D eigenvalue weighted by atomic mass is 79.9. The molecule has 1 N–H and O–H groups in total. The van der Waals surface area contributed by atoms with Crippen LogP contribution in [-0.2, 0) is 6.54 Å². The summed E-state index contributed by atoms with van der Waals surface area (Å²) in [6.07, 6.45) is 1.98. The minimum absolute atomic E-state index is 0.214. The zero-order valence-corrected chi connectivity index (χ0v) is 16.3. The number of unbranched alkanes of at least 4 members (excludes halogenated alkanes) is 1. The minimum Gasteiger partial charge on any atom is -0.493 e. The molecule has 2 aromatic rings. The van der Waals surface area contributed by atoms with E-state index in [0.717, 1.165) is 22.9 Å². The van der Waals surface area contributed by atoms with Crippen molar-refractivity contribution in [1.82, 2.24) is 5.32 Å². The molecule has 0 saturated heterocycles. The summed E-state index contributed by atoms with van der Waals surface area (Å²) in [4.78, 5) is 12.5. The van der Waals surface area contributed by atoms with Gasteiger partial charge in [0.15, 0.2) is 0 Å². The topological polar surface area (TPSA) is 38.3 Å². The van der Waals surface area contributed by atoms with E-state index in [9.17, 15) is 4.79 Å². The molecule has 2 aromatic carbocycles. The fourth-order valence-electron chi connectivity index (χ4n) is 2.07. The van der Waals surface area contributed by atoms with Crippen LogP contribution in [-0.4, -0.2) is 12.5 Å². The minimum atomic E-state index is -0.214. The molecule has 0 fully saturated rings. The molecule has 0 heterocycles. The van der Waals surface area contributed by atoms with Crippen LogP contribution in [0.4, 0.5) is 0 Å². The maximum atomic E-state index is 12.5. The molecule has 0 spiro atoms. The van der Waals surface area contributed by atoms with Crippen molar-refractivity contribution in [2.24, 2.45) is 0 Å². The smallest absolute Gasteiger partial charge is 0.255 e. The van der Waals surface area contributed by atoms with Gasteiger partial charge < -0.3 is 10.1 Å². The molecular weight excluding hydrogens is 413 g/mol. The van der Waals surface area contributed by atoms with Gasteiger partial charge in [-0.2, -0.15) is 0 Å². The second-order valence-corrected chi connectivity index (χ2v) is 7.02. The Labute approximate surface area is 160 Å². The van der Waals surface area contributed by atoms with Gasteiger partial charge in [0.25, 0.3) is 5.91 Å². The Kier molecular flexibility index (Phi) is 7.40. The number of halogens is 3. The zero-order valence-electron chi connectivity index (χ0n) is 13.2. The van der Waals surface area contributed by atoms with Crippen molar-refractivity contribution in [2.45, 2.75) is 26.3 Å². The summed E-state index contributed by atoms with van der Waals surface area (Å²) in [6.45, 7) is 2.99. The molecule has 0 aliphatic rings. The van der Waals surface area contributed by atoms with E-state index in [1.165, 1.54) is 0 Å². The molecule has 0 unspecified atom stereocenters. The Morgan fingerprint density at radius 1 is 1.21 bits per heavy atom. The first kappa shape index (κ1) is 19.1. The summed E-state index contributed by atoms with van der Waals surface area (Å²) in [6, 6.07) is 10.6. The number of carbonyl (C=O) groups is 1. The predicted molar refractivity (Wildman–Crippen MR) is 102 cm³/mol. The maximum absolute atomic E-state index is 12.5. The monoisotopic (exact) mass is 429 g/mol. The van der Waals surface area contributed by atoms with Crippen molar-refractivity contribution in [3.8, 4) is 5.75 Å². The van der Waals surface area contributed by atoms with Crippen molar-refractivity contribution in [3.05, 3.63) is 62.0 Å². The number of ether oxygens (including phenoxy) is 1. The molecule has 1 amide bonds. The van der Waals surface area contributed by atoms with Gasteiger partial charge in [-0.05, 0) is 42.3 Å². The van der Waals surface area contributed by atoms with Crippen LogP contribution in [0.5, 0.6) is 5.75 Å². The number of amides is 1. The van der Waals surface area contributed by atoms with Gasteiger partial charge in [0.2, 0.25) is 0 Å². The molecule has 0 aromatic heterocycles. The fraction of sp³-hybridized carbons (Fsp3) is 0.278. The first-order chi connectivity index (χ1) is 11.5. The standard InChI is InChI=1S/C18H18BrCl2NO2/c1-2-3-8-24-17-7-5-13(19)9-15(17)18(23)22-11-12-4-6-14(20)10-16(12)21/h4-7,9-10H,2-3,8,11H2,1H3,(H,22,23). The Hall–Kier alpha value is -1.23. The third-order valence-corrected chi connectivity index (χ3v) is 4.48. The molecule has 0 aliphatic heterocycles. The normalized spacial score (nSPS) is 10.5. The fourth-order valence-corrected chi connectivity index (χ4v) is 2.90. The van der Waals surface area contributed by atoms with E-state index in [2.05, 4.69) is 28.2 Å². The van der Waals surface area contributed by atoms with E-state index in [4.69, 9.17) is 27.9 Å². The predicted octanol–water partition coefficient (Wildman–Crippen LogP) is 5.86. The number of hydrogen-bond donors (Lipinski definition) is 1. The van der Waals surface area contributed by atoms with Crippen LogP contribution in [0, 0.1) is 0 Å². The van der Waals surface area contributed by atoms with Gasteiger partial charge in [0.05, 0.1) is 12.2 Å². The SMILES string of the molecule is CCCCOc1ccc(Br)cc1C(=O)NCc1ccc(Cl)cc1Cl. The Morgan fingerprint density at radius 3 is 2.71 bits per heavy atom. The molecule has 6 heteroatoms. The van der Waals surface area contributed by atoms with Gasteiger partial charge in [0, 0.05) is 21.1 Å². The van der Waals surface area contributed by atoms with Gasteiger partial charge in [-0.1, -0.05) is 58.5 Å². The highest BCUT2D eigenvalue weighted by Gasteiger charge is 2.14. The van der Waals surface area contributed by atoms with Crippen LogP contribution in [0.15, 0.2) is 40.9 Å². The third kappa shape index (κ3) is 5.40. The largest absolute Gasteiger partial charge is 0.493 e. The van der Waals surface area contributed by atoms with Gasteiger partial charge in [0.1, 0.15) is 5.75 Å². The van der Waals surface area contributed by atoms with Crippen LogP contribution < -0.4 is 10.1 Å². The molecular formula is C18H18BrCl2NO2. The first-order valence-corrected chi connectivity index (χ1v) is 9.20. The lowest BCUT2D eigenvalue weighted by atomic mass is 10.1. The number of nitrogens with one attached hydrogen (secondary N) is 1. The van der Waals surface area contributed by atoms with Crippen LogP contribution in [0.2, 0.25) is 10.0 Å². The molecule has 0 saturated carbocycles. The van der Waals surface area contributed by atoms with Crippen molar-refractivity contribution in [2.75, 3.05) is 6.61 Å². The first-order valence-electron chi connectivity index (χ1n) is 7.65. The Bertz CT molecular complexity index is 722. The summed E-state index contributed by atoms with van der Waals surface area (Å²) < 4.78 is 6.54. The summed E-state index contributed by atoms with van der Waals surface area (Å²) in [5.41, 5.74) is 1.29. The Morgan fingerprint density at radius 2 is 2.00 bits per heavy atom. The average molecular weight is 431 g/mol. The maximum Gasteiger partial charge on any atom is 0.255 e. The van der Waals surface area contributed by atoms with E-state index in [-0.39, 0.29) is 5.91 Å². The second-order valence-electron chi connectivity index (χ2n) is 5.26. The average Bonchev–Trinajstić information content (AvgIpc) is 2.55. The van der Waals surface area contributed by atoms with Crippen LogP contribution in [0.25, 0.3) is 0 Å². The van der Waals surface area contributed by atoms with Crippen molar-refractivity contribution >= 4 is 45.0 Å². The number of hydrogen-bond acceptors (Lipinski definition) is 2. The molecule has 0 atom stereocenters. The van der Waals surface area contributed by atoms with Crippen molar-refractivity contribution in [1.29, 1.82) is 0 Å². The number of carbonyl (C=O) groups excluding carboxylic acids is 1. The van der Waals surface area contributed by atoms with Crippen molar-refractivity contribution < 1.29 is 9.53 Å². The van der Waals surface area contributed by atoms with Crippen molar-refractivity contribution in [3.63, 3.8) is 0 Å². The lowest BCUT2D eigenvalue weighted by Crippen LogP contribution is -2.23. The zero-order chi connectivity index (χ0) is 17.5. The third-order valence-electron chi connectivity index (χ3n) is 3.40. The van der Waals surface area contributed by atoms with E-state index < -0.39 is 0 Å². The Balaban J connectivity index is 2.09. The van der Waals surface area contributed by atoms with Gasteiger partial charge in [-0.15, -0.1) is 0 Å². The molecule has 0 bridgehead atoms. The summed E-state index contributed by atoms with van der Waals surface area (Å²) in [5.74, 6) is 0.361.